The van der Waals surface area contributed by atoms with Crippen molar-refractivity contribution in [2.45, 2.75) is 25.0 Å². The molecular formula is C16H28N4O2. The van der Waals surface area contributed by atoms with Crippen molar-refractivity contribution < 1.29 is 9.47 Å². The lowest BCUT2D eigenvalue weighted by atomic mass is 10.0. The Morgan fingerprint density at radius 3 is 3.14 bits per heavy atom. The Morgan fingerprint density at radius 1 is 1.45 bits per heavy atom. The second kappa shape index (κ2) is 7.55. The highest BCUT2D eigenvalue weighted by molar-refractivity contribution is 5.01. The number of ether oxygens (including phenoxy) is 2. The van der Waals surface area contributed by atoms with Crippen LogP contribution in [0.3, 0.4) is 0 Å². The predicted octanol–water partition coefficient (Wildman–Crippen LogP) is 0.808. The molecule has 0 amide bonds. The van der Waals surface area contributed by atoms with Crippen LogP contribution in [0.15, 0.2) is 12.4 Å². The Bertz CT molecular complexity index is 465. The van der Waals surface area contributed by atoms with Crippen molar-refractivity contribution in [3.63, 3.8) is 0 Å². The molecule has 3 atom stereocenters. The first-order valence-corrected chi connectivity index (χ1v) is 8.31. The summed E-state index contributed by atoms with van der Waals surface area (Å²) in [6.45, 7) is 6.02. The maximum Gasteiger partial charge on any atom is 0.137 e. The summed E-state index contributed by atoms with van der Waals surface area (Å²) in [5.41, 5.74) is 0. The number of nitrogens with one attached hydrogen (secondary N) is 1. The van der Waals surface area contributed by atoms with E-state index in [1.807, 2.05) is 19.4 Å². The molecule has 0 aromatic carbocycles. The van der Waals surface area contributed by atoms with Gasteiger partial charge in [0.15, 0.2) is 0 Å². The van der Waals surface area contributed by atoms with Gasteiger partial charge in [0.1, 0.15) is 11.9 Å². The largest absolute Gasteiger partial charge is 0.383 e. The van der Waals surface area contributed by atoms with E-state index >= 15 is 0 Å². The van der Waals surface area contributed by atoms with Crippen LogP contribution in [0.4, 0.5) is 0 Å². The van der Waals surface area contributed by atoms with Crippen LogP contribution in [0.25, 0.3) is 0 Å². The monoisotopic (exact) mass is 308 g/mol. The van der Waals surface area contributed by atoms with Gasteiger partial charge in [-0.2, -0.15) is 0 Å². The fourth-order valence-electron chi connectivity index (χ4n) is 3.52. The van der Waals surface area contributed by atoms with Crippen LogP contribution in [-0.4, -0.2) is 67.0 Å². The molecular weight excluding hydrogens is 280 g/mol. The molecule has 1 unspecified atom stereocenters. The molecule has 0 aliphatic carbocycles. The van der Waals surface area contributed by atoms with Crippen molar-refractivity contribution in [1.29, 1.82) is 0 Å². The van der Waals surface area contributed by atoms with E-state index in [0.29, 0.717) is 12.0 Å². The second-order valence-corrected chi connectivity index (χ2v) is 6.42. The number of aromatic nitrogens is 2. The number of imidazole rings is 1. The number of rotatable bonds is 7. The van der Waals surface area contributed by atoms with Crippen molar-refractivity contribution in [2.24, 2.45) is 13.0 Å². The van der Waals surface area contributed by atoms with Gasteiger partial charge in [-0.05, 0) is 19.4 Å². The van der Waals surface area contributed by atoms with Gasteiger partial charge in [-0.3, -0.25) is 4.90 Å². The molecule has 0 bridgehead atoms. The molecule has 1 N–H and O–H groups in total. The fourth-order valence-corrected chi connectivity index (χ4v) is 3.52. The SMILES string of the molecule is COCCN1CCC(NC[C@@H]2CCO[C@H]2c2nccn2C)C1. The maximum absolute atomic E-state index is 5.93. The van der Waals surface area contributed by atoms with Gasteiger partial charge in [-0.1, -0.05) is 0 Å². The zero-order valence-corrected chi connectivity index (χ0v) is 13.7. The highest BCUT2D eigenvalue weighted by atomic mass is 16.5. The van der Waals surface area contributed by atoms with Crippen molar-refractivity contribution in [3.05, 3.63) is 18.2 Å². The summed E-state index contributed by atoms with van der Waals surface area (Å²) in [6, 6.07) is 0.597. The average molecular weight is 308 g/mol. The molecule has 0 radical (unpaired) electrons. The number of methoxy groups -OCH3 is 1. The van der Waals surface area contributed by atoms with E-state index in [2.05, 4.69) is 19.8 Å². The van der Waals surface area contributed by atoms with Gasteiger partial charge < -0.3 is 19.4 Å². The molecule has 2 fully saturated rings. The third-order valence-electron chi connectivity index (χ3n) is 4.88. The van der Waals surface area contributed by atoms with Crippen molar-refractivity contribution in [2.75, 3.05) is 46.5 Å². The lowest BCUT2D eigenvalue weighted by Crippen LogP contribution is -2.37. The highest BCUT2D eigenvalue weighted by Crippen LogP contribution is 2.33. The lowest BCUT2D eigenvalue weighted by molar-refractivity contribution is 0.0804. The van der Waals surface area contributed by atoms with Crippen molar-refractivity contribution in [3.8, 4) is 0 Å². The number of aryl methyl sites for hydroxylation is 1. The Hall–Kier alpha value is -0.950. The number of hydrogen-bond donors (Lipinski definition) is 1. The van der Waals surface area contributed by atoms with Gasteiger partial charge in [0, 0.05) is 64.8 Å². The second-order valence-electron chi connectivity index (χ2n) is 6.42. The molecule has 3 rings (SSSR count). The highest BCUT2D eigenvalue weighted by Gasteiger charge is 2.33. The maximum atomic E-state index is 5.93. The van der Waals surface area contributed by atoms with E-state index in [4.69, 9.17) is 9.47 Å². The first-order chi connectivity index (χ1) is 10.8. The molecule has 3 heterocycles. The first-order valence-electron chi connectivity index (χ1n) is 8.31. The summed E-state index contributed by atoms with van der Waals surface area (Å²) in [5.74, 6) is 1.58. The molecule has 1 aromatic rings. The Morgan fingerprint density at radius 2 is 2.36 bits per heavy atom. The van der Waals surface area contributed by atoms with Crippen LogP contribution in [0, 0.1) is 5.92 Å². The normalized spacial score (nSPS) is 29.5. The average Bonchev–Trinajstić information content (AvgIpc) is 3.23. The molecule has 6 nitrogen and oxygen atoms in total. The molecule has 0 spiro atoms. The minimum atomic E-state index is 0.137. The summed E-state index contributed by atoms with van der Waals surface area (Å²) in [6.07, 6.45) is 6.33. The Balaban J connectivity index is 1.46. The zero-order chi connectivity index (χ0) is 15.4. The predicted molar refractivity (Wildman–Crippen MR) is 84.7 cm³/mol. The lowest BCUT2D eigenvalue weighted by Gasteiger charge is -2.21. The van der Waals surface area contributed by atoms with E-state index < -0.39 is 0 Å². The summed E-state index contributed by atoms with van der Waals surface area (Å²) in [5, 5.41) is 3.74. The molecule has 2 saturated heterocycles. The number of nitrogens with zero attached hydrogens (tertiary/aromatic N) is 3. The standard InChI is InChI=1S/C16H28N4O2/c1-19-7-5-17-16(19)15-13(4-9-22-15)11-18-14-3-6-20(12-14)8-10-21-2/h5,7,13-15,18H,3-4,6,8-12H2,1-2H3/t13-,14?,15+/m0/s1. The summed E-state index contributed by atoms with van der Waals surface area (Å²) >= 11 is 0. The van der Waals surface area contributed by atoms with E-state index in [-0.39, 0.29) is 6.10 Å². The third-order valence-corrected chi connectivity index (χ3v) is 4.88. The molecule has 2 aliphatic rings. The van der Waals surface area contributed by atoms with Crippen LogP contribution in [-0.2, 0) is 16.5 Å². The van der Waals surface area contributed by atoms with Gasteiger partial charge in [-0.25, -0.2) is 4.98 Å². The Kier molecular flexibility index (Phi) is 5.46. The molecule has 1 aromatic heterocycles. The molecule has 124 valence electrons. The minimum absolute atomic E-state index is 0.137. The van der Waals surface area contributed by atoms with E-state index in [9.17, 15) is 0 Å². The third kappa shape index (κ3) is 3.68. The molecule has 22 heavy (non-hydrogen) atoms. The molecule has 0 saturated carbocycles. The van der Waals surface area contributed by atoms with Crippen molar-refractivity contribution >= 4 is 0 Å². The summed E-state index contributed by atoms with van der Waals surface area (Å²) < 4.78 is 13.2. The van der Waals surface area contributed by atoms with E-state index in [1.165, 1.54) is 13.0 Å². The number of likely N-dealkylation sites (tertiary alicyclic amines) is 1. The van der Waals surface area contributed by atoms with Gasteiger partial charge in [-0.15, -0.1) is 0 Å². The van der Waals surface area contributed by atoms with Gasteiger partial charge in [0.25, 0.3) is 0 Å². The van der Waals surface area contributed by atoms with Crippen LogP contribution >= 0.6 is 0 Å². The quantitative estimate of drug-likeness (QED) is 0.808. The van der Waals surface area contributed by atoms with Crippen LogP contribution in [0.5, 0.6) is 0 Å². The Labute approximate surface area is 132 Å². The molecule has 6 heteroatoms. The first kappa shape index (κ1) is 15.9. The minimum Gasteiger partial charge on any atom is -0.383 e. The number of hydrogen-bond acceptors (Lipinski definition) is 5. The van der Waals surface area contributed by atoms with E-state index in [0.717, 1.165) is 45.1 Å². The zero-order valence-electron chi connectivity index (χ0n) is 13.7. The van der Waals surface area contributed by atoms with Crippen LogP contribution in [0.2, 0.25) is 0 Å². The van der Waals surface area contributed by atoms with Gasteiger partial charge >= 0.3 is 0 Å². The summed E-state index contributed by atoms with van der Waals surface area (Å²) in [4.78, 5) is 6.94. The topological polar surface area (TPSA) is 51.6 Å². The smallest absolute Gasteiger partial charge is 0.137 e. The van der Waals surface area contributed by atoms with E-state index in [1.54, 1.807) is 7.11 Å². The van der Waals surface area contributed by atoms with Gasteiger partial charge in [0.05, 0.1) is 6.61 Å². The van der Waals surface area contributed by atoms with Crippen LogP contribution < -0.4 is 5.32 Å². The van der Waals surface area contributed by atoms with Crippen LogP contribution in [0.1, 0.15) is 24.8 Å². The van der Waals surface area contributed by atoms with Gasteiger partial charge in [0.2, 0.25) is 0 Å². The molecule has 2 aliphatic heterocycles. The fraction of sp³-hybridized carbons (Fsp3) is 0.812. The van der Waals surface area contributed by atoms with Crippen molar-refractivity contribution in [1.82, 2.24) is 19.8 Å². The summed E-state index contributed by atoms with van der Waals surface area (Å²) in [7, 11) is 3.81.